The molecule has 4 heteroatoms. The van der Waals surface area contributed by atoms with E-state index in [-0.39, 0.29) is 0 Å². The van der Waals surface area contributed by atoms with Gasteiger partial charge in [0.15, 0.2) is 0 Å². The molecule has 1 aliphatic heterocycles. The highest BCUT2D eigenvalue weighted by Gasteiger charge is 2.27. The van der Waals surface area contributed by atoms with Gasteiger partial charge in [-0.15, -0.1) is 0 Å². The quantitative estimate of drug-likeness (QED) is 0.231. The zero-order valence-corrected chi connectivity index (χ0v) is 19.6. The maximum atomic E-state index is 6.26. The summed E-state index contributed by atoms with van der Waals surface area (Å²) in [5.74, 6) is 0. The van der Waals surface area contributed by atoms with Crippen molar-refractivity contribution in [3.8, 4) is 11.4 Å². The van der Waals surface area contributed by atoms with Gasteiger partial charge in [-0.3, -0.25) is 9.13 Å². The molecule has 0 saturated heterocycles. The van der Waals surface area contributed by atoms with E-state index in [0.717, 1.165) is 16.1 Å². The zero-order valence-electron chi connectivity index (χ0n) is 18.0. The van der Waals surface area contributed by atoms with E-state index in [2.05, 4.69) is 100 Å². The number of aromatic nitrogens is 2. The van der Waals surface area contributed by atoms with Crippen molar-refractivity contribution >= 4 is 67.0 Å². The Morgan fingerprint density at radius 1 is 0.618 bits per heavy atom. The van der Waals surface area contributed by atoms with E-state index in [9.17, 15) is 0 Å². The fourth-order valence-corrected chi connectivity index (χ4v) is 6.80. The standard InChI is InChI=1S/C30H17ClN2S/c31-20-14-12-19-17-21(15-13-18(19)16-20)32-24-8-2-1-6-22(24)28-23-7-5-11-27-29(23)33(30(28)32)25-9-3-4-10-26(25)34-27/h1-17H. The first-order chi connectivity index (χ1) is 16.8. The Morgan fingerprint density at radius 2 is 1.38 bits per heavy atom. The van der Waals surface area contributed by atoms with E-state index >= 15 is 0 Å². The molecule has 0 amide bonds. The van der Waals surface area contributed by atoms with E-state index in [1.165, 1.54) is 53.7 Å². The summed E-state index contributed by atoms with van der Waals surface area (Å²) in [6.07, 6.45) is 0. The number of hydrogen-bond acceptors (Lipinski definition) is 1. The summed E-state index contributed by atoms with van der Waals surface area (Å²) in [7, 11) is 0. The average molecular weight is 473 g/mol. The number of fused-ring (bicyclic) bond motifs is 8. The van der Waals surface area contributed by atoms with E-state index < -0.39 is 0 Å². The minimum atomic E-state index is 0.762. The van der Waals surface area contributed by atoms with Gasteiger partial charge < -0.3 is 0 Å². The Balaban J connectivity index is 1.61. The molecule has 0 saturated carbocycles. The molecule has 0 unspecified atom stereocenters. The Hall–Kier alpha value is -3.66. The van der Waals surface area contributed by atoms with Crippen LogP contribution in [0.2, 0.25) is 5.02 Å². The van der Waals surface area contributed by atoms with Crippen LogP contribution in [0.3, 0.4) is 0 Å². The maximum Gasteiger partial charge on any atom is 0.131 e. The van der Waals surface area contributed by atoms with Crippen LogP contribution in [0, 0.1) is 0 Å². The van der Waals surface area contributed by atoms with Crippen LogP contribution in [0.25, 0.3) is 55.0 Å². The van der Waals surface area contributed by atoms with Gasteiger partial charge in [0.2, 0.25) is 0 Å². The molecule has 0 bridgehead atoms. The first-order valence-electron chi connectivity index (χ1n) is 11.3. The summed E-state index contributed by atoms with van der Waals surface area (Å²) in [6.45, 7) is 0. The van der Waals surface area contributed by atoms with Gasteiger partial charge in [0.1, 0.15) is 5.65 Å². The lowest BCUT2D eigenvalue weighted by molar-refractivity contribution is 1.03. The topological polar surface area (TPSA) is 9.86 Å². The molecule has 34 heavy (non-hydrogen) atoms. The molecule has 0 radical (unpaired) electrons. The molecule has 1 aliphatic rings. The second-order valence-electron chi connectivity index (χ2n) is 8.78. The highest BCUT2D eigenvalue weighted by molar-refractivity contribution is 7.99. The normalized spacial score (nSPS) is 12.7. The molecule has 160 valence electrons. The van der Waals surface area contributed by atoms with Gasteiger partial charge in [0.05, 0.1) is 16.7 Å². The van der Waals surface area contributed by atoms with Crippen LogP contribution in [0.4, 0.5) is 0 Å². The number of rotatable bonds is 1. The first kappa shape index (κ1) is 18.7. The van der Waals surface area contributed by atoms with Crippen LogP contribution in [0.15, 0.2) is 113 Å². The van der Waals surface area contributed by atoms with Crippen molar-refractivity contribution in [2.45, 2.75) is 9.79 Å². The van der Waals surface area contributed by atoms with Gasteiger partial charge in [0.25, 0.3) is 0 Å². The average Bonchev–Trinajstić information content (AvgIpc) is 3.38. The Labute approximate surface area is 205 Å². The number of para-hydroxylation sites is 3. The van der Waals surface area contributed by atoms with Crippen molar-refractivity contribution in [3.05, 3.63) is 108 Å². The summed E-state index contributed by atoms with van der Waals surface area (Å²) < 4.78 is 4.90. The van der Waals surface area contributed by atoms with Gasteiger partial charge >= 0.3 is 0 Å². The van der Waals surface area contributed by atoms with Gasteiger partial charge in [-0.25, -0.2) is 0 Å². The number of halogens is 1. The Morgan fingerprint density at radius 3 is 2.35 bits per heavy atom. The highest BCUT2D eigenvalue weighted by Crippen LogP contribution is 2.49. The molecule has 0 fully saturated rings. The lowest BCUT2D eigenvalue weighted by atomic mass is 10.1. The predicted octanol–water partition coefficient (Wildman–Crippen LogP) is 9.00. The van der Waals surface area contributed by atoms with Crippen LogP contribution in [-0.4, -0.2) is 9.13 Å². The summed E-state index contributed by atoms with van der Waals surface area (Å²) in [6, 6.07) is 36.9. The fraction of sp³-hybridized carbons (Fsp3) is 0. The molecule has 0 aliphatic carbocycles. The van der Waals surface area contributed by atoms with Crippen LogP contribution in [0.5, 0.6) is 0 Å². The molecule has 5 aromatic carbocycles. The van der Waals surface area contributed by atoms with Gasteiger partial charge in [0, 0.05) is 36.7 Å². The summed E-state index contributed by atoms with van der Waals surface area (Å²) >= 11 is 8.12. The molecule has 7 aromatic rings. The van der Waals surface area contributed by atoms with E-state index in [1.54, 1.807) is 0 Å². The fourth-order valence-electron chi connectivity index (χ4n) is 5.53. The summed E-state index contributed by atoms with van der Waals surface area (Å²) in [5.41, 5.74) is 6.11. The van der Waals surface area contributed by atoms with E-state index in [0.29, 0.717) is 0 Å². The number of hydrogen-bond donors (Lipinski definition) is 0. The van der Waals surface area contributed by atoms with Crippen LogP contribution in [-0.2, 0) is 0 Å². The van der Waals surface area contributed by atoms with E-state index in [1.807, 2.05) is 23.9 Å². The minimum Gasteiger partial charge on any atom is -0.295 e. The van der Waals surface area contributed by atoms with Crippen molar-refractivity contribution in [2.24, 2.45) is 0 Å². The van der Waals surface area contributed by atoms with Gasteiger partial charge in [-0.1, -0.05) is 78.0 Å². The molecule has 8 rings (SSSR count). The Bertz CT molecular complexity index is 1960. The van der Waals surface area contributed by atoms with E-state index in [4.69, 9.17) is 11.6 Å². The molecule has 0 N–H and O–H groups in total. The van der Waals surface area contributed by atoms with Gasteiger partial charge in [-0.2, -0.15) is 0 Å². The largest absolute Gasteiger partial charge is 0.295 e. The third-order valence-electron chi connectivity index (χ3n) is 6.92. The summed E-state index contributed by atoms with van der Waals surface area (Å²) in [4.78, 5) is 2.58. The van der Waals surface area contributed by atoms with Crippen molar-refractivity contribution in [1.82, 2.24) is 9.13 Å². The number of benzene rings is 5. The molecular formula is C30H17ClN2S. The second kappa shape index (κ2) is 6.69. The van der Waals surface area contributed by atoms with Crippen molar-refractivity contribution < 1.29 is 0 Å². The lowest BCUT2D eigenvalue weighted by Gasteiger charge is -2.21. The monoisotopic (exact) mass is 472 g/mol. The first-order valence-corrected chi connectivity index (χ1v) is 12.5. The maximum absolute atomic E-state index is 6.26. The number of nitrogens with zero attached hydrogens (tertiary/aromatic N) is 2. The van der Waals surface area contributed by atoms with Crippen molar-refractivity contribution in [3.63, 3.8) is 0 Å². The zero-order chi connectivity index (χ0) is 22.4. The van der Waals surface area contributed by atoms with Crippen LogP contribution in [0.1, 0.15) is 0 Å². The second-order valence-corrected chi connectivity index (χ2v) is 10.3. The third kappa shape index (κ3) is 2.38. The van der Waals surface area contributed by atoms with Crippen LogP contribution >= 0.6 is 23.4 Å². The Kier molecular flexibility index (Phi) is 3.69. The molecular weight excluding hydrogens is 456 g/mol. The SMILES string of the molecule is Clc1ccc2cc(-n3c4ccccc4c4c5cccc6c5n(c43)-c3ccccc3S6)ccc2c1. The van der Waals surface area contributed by atoms with Crippen molar-refractivity contribution in [1.29, 1.82) is 0 Å². The molecule has 3 heterocycles. The van der Waals surface area contributed by atoms with Gasteiger partial charge in [-0.05, 0) is 59.3 Å². The highest BCUT2D eigenvalue weighted by atomic mass is 35.5. The molecule has 2 aromatic heterocycles. The molecule has 0 spiro atoms. The minimum absolute atomic E-state index is 0.762. The smallest absolute Gasteiger partial charge is 0.131 e. The van der Waals surface area contributed by atoms with Crippen LogP contribution < -0.4 is 0 Å². The third-order valence-corrected chi connectivity index (χ3v) is 8.27. The van der Waals surface area contributed by atoms with Crippen molar-refractivity contribution in [2.75, 3.05) is 0 Å². The lowest BCUT2D eigenvalue weighted by Crippen LogP contribution is -2.05. The molecule has 0 atom stereocenters. The molecule has 2 nitrogen and oxygen atoms in total. The summed E-state index contributed by atoms with van der Waals surface area (Å²) in [5, 5.41) is 6.98. The predicted molar refractivity (Wildman–Crippen MR) is 144 cm³/mol.